The van der Waals surface area contributed by atoms with Gasteiger partial charge in [-0.3, -0.25) is 0 Å². The van der Waals surface area contributed by atoms with E-state index in [1.54, 1.807) is 0 Å². The number of ether oxygens (including phenoxy) is 6. The lowest BCUT2D eigenvalue weighted by atomic mass is 10.1. The van der Waals surface area contributed by atoms with Gasteiger partial charge in [-0.25, -0.2) is 0 Å². The molecule has 1 unspecified atom stereocenters. The Morgan fingerprint density at radius 3 is 2.40 bits per heavy atom. The molecule has 1 aromatic rings. The molecule has 0 bridgehead atoms. The topological polar surface area (TPSA) is 55.4 Å². The smallest absolute Gasteiger partial charge is 0.190 e. The predicted molar refractivity (Wildman–Crippen MR) is 88.6 cm³/mol. The van der Waals surface area contributed by atoms with Crippen LogP contribution < -0.4 is 0 Å². The molecule has 0 N–H and O–H groups in total. The first-order chi connectivity index (χ1) is 11.8. The first kappa shape index (κ1) is 17.4. The molecule has 6 nitrogen and oxygen atoms in total. The molecule has 3 aliphatic heterocycles. The monoisotopic (exact) mass is 350 g/mol. The van der Waals surface area contributed by atoms with E-state index in [1.807, 2.05) is 58.0 Å². The molecular weight excluding hydrogens is 324 g/mol. The van der Waals surface area contributed by atoms with Crippen LogP contribution in [0.3, 0.4) is 0 Å². The van der Waals surface area contributed by atoms with Gasteiger partial charge < -0.3 is 28.4 Å². The minimum absolute atomic E-state index is 0.211. The van der Waals surface area contributed by atoms with Crippen molar-refractivity contribution in [1.82, 2.24) is 0 Å². The quantitative estimate of drug-likeness (QED) is 0.832. The maximum absolute atomic E-state index is 6.22. The summed E-state index contributed by atoms with van der Waals surface area (Å²) in [5, 5.41) is 0. The normalized spacial score (nSPS) is 38.8. The standard InChI is InChI=1S/C19H26O6/c1-18(2)21-11-13(23-18)14-15(20-10-12-8-6-5-7-9-12)16-17(22-14)25-19(3,4)24-16/h5-9,13-17H,10-11H2,1-4H3/t13?,14-,15-,16+,17+/m0/s1. The summed E-state index contributed by atoms with van der Waals surface area (Å²) in [6.07, 6.45) is -1.52. The number of fused-ring (bicyclic) bond motifs is 1. The molecule has 5 atom stereocenters. The van der Waals surface area contributed by atoms with Gasteiger partial charge in [0.2, 0.25) is 0 Å². The summed E-state index contributed by atoms with van der Waals surface area (Å²) in [5.41, 5.74) is 1.10. The van der Waals surface area contributed by atoms with E-state index in [9.17, 15) is 0 Å². The van der Waals surface area contributed by atoms with Crippen molar-refractivity contribution in [1.29, 1.82) is 0 Å². The highest BCUT2D eigenvalue weighted by molar-refractivity contribution is 5.13. The summed E-state index contributed by atoms with van der Waals surface area (Å²) >= 11 is 0. The maximum atomic E-state index is 6.22. The van der Waals surface area contributed by atoms with Gasteiger partial charge in [-0.1, -0.05) is 30.3 Å². The van der Waals surface area contributed by atoms with Crippen molar-refractivity contribution >= 4 is 0 Å². The second kappa shape index (κ2) is 6.30. The molecule has 25 heavy (non-hydrogen) atoms. The molecule has 0 spiro atoms. The lowest BCUT2D eigenvalue weighted by Gasteiger charge is -2.29. The molecule has 138 valence electrons. The molecule has 4 rings (SSSR count). The molecule has 1 aromatic carbocycles. The van der Waals surface area contributed by atoms with Crippen molar-refractivity contribution in [2.24, 2.45) is 0 Å². The Kier molecular flexibility index (Phi) is 4.38. The van der Waals surface area contributed by atoms with Gasteiger partial charge in [-0.2, -0.15) is 0 Å². The molecule has 0 aliphatic carbocycles. The van der Waals surface area contributed by atoms with Gasteiger partial charge in [-0.15, -0.1) is 0 Å². The van der Waals surface area contributed by atoms with Gasteiger partial charge in [-0.05, 0) is 33.3 Å². The molecular formula is C19H26O6. The molecule has 3 saturated heterocycles. The van der Waals surface area contributed by atoms with Gasteiger partial charge in [0.1, 0.15) is 24.4 Å². The van der Waals surface area contributed by atoms with E-state index in [0.717, 1.165) is 5.56 Å². The van der Waals surface area contributed by atoms with E-state index in [4.69, 9.17) is 28.4 Å². The highest BCUT2D eigenvalue weighted by Crippen LogP contribution is 2.42. The van der Waals surface area contributed by atoms with Crippen LogP contribution in [0.5, 0.6) is 0 Å². The Labute approximate surface area is 148 Å². The van der Waals surface area contributed by atoms with Crippen LogP contribution in [0.1, 0.15) is 33.3 Å². The van der Waals surface area contributed by atoms with E-state index in [1.165, 1.54) is 0 Å². The van der Waals surface area contributed by atoms with Crippen LogP contribution >= 0.6 is 0 Å². The van der Waals surface area contributed by atoms with Crippen LogP contribution in [-0.2, 0) is 35.0 Å². The molecule has 6 heteroatoms. The van der Waals surface area contributed by atoms with E-state index in [2.05, 4.69) is 0 Å². The third-order valence-corrected chi connectivity index (χ3v) is 4.71. The van der Waals surface area contributed by atoms with Crippen molar-refractivity contribution in [3.63, 3.8) is 0 Å². The minimum Gasteiger partial charge on any atom is -0.368 e. The van der Waals surface area contributed by atoms with Crippen molar-refractivity contribution in [2.45, 2.75) is 76.6 Å². The summed E-state index contributed by atoms with van der Waals surface area (Å²) in [4.78, 5) is 0. The minimum atomic E-state index is -0.680. The zero-order valence-corrected chi connectivity index (χ0v) is 15.1. The van der Waals surface area contributed by atoms with Crippen LogP contribution in [-0.4, -0.2) is 48.9 Å². The summed E-state index contributed by atoms with van der Waals surface area (Å²) in [5.74, 6) is -1.29. The SMILES string of the molecule is CC1(C)OCC([C@@H]2O[C@@H]3OC(C)(C)O[C@@H]3[C@H]2OCc2ccccc2)O1. The van der Waals surface area contributed by atoms with Gasteiger partial charge in [0, 0.05) is 0 Å². The number of benzene rings is 1. The van der Waals surface area contributed by atoms with Crippen molar-refractivity contribution in [3.8, 4) is 0 Å². The van der Waals surface area contributed by atoms with Crippen molar-refractivity contribution in [3.05, 3.63) is 35.9 Å². The zero-order chi connectivity index (χ0) is 17.7. The molecule has 0 saturated carbocycles. The molecule has 3 heterocycles. The Hall–Kier alpha value is -1.02. The highest BCUT2D eigenvalue weighted by Gasteiger charge is 2.58. The van der Waals surface area contributed by atoms with Gasteiger partial charge in [0.25, 0.3) is 0 Å². The van der Waals surface area contributed by atoms with Crippen LogP contribution in [0, 0.1) is 0 Å². The Morgan fingerprint density at radius 1 is 0.960 bits per heavy atom. The average Bonchev–Trinajstić information content (AvgIpc) is 3.15. The number of rotatable bonds is 4. The largest absolute Gasteiger partial charge is 0.368 e. The summed E-state index contributed by atoms with van der Waals surface area (Å²) in [7, 11) is 0. The Bertz CT molecular complexity index is 601. The fourth-order valence-electron chi connectivity index (χ4n) is 3.64. The van der Waals surface area contributed by atoms with E-state index in [0.29, 0.717) is 13.2 Å². The van der Waals surface area contributed by atoms with E-state index < -0.39 is 17.9 Å². The zero-order valence-electron chi connectivity index (χ0n) is 15.1. The van der Waals surface area contributed by atoms with Crippen LogP contribution in [0.4, 0.5) is 0 Å². The van der Waals surface area contributed by atoms with Gasteiger partial charge in [0.15, 0.2) is 17.9 Å². The first-order valence-electron chi connectivity index (χ1n) is 8.81. The Morgan fingerprint density at radius 2 is 1.72 bits per heavy atom. The molecule has 0 radical (unpaired) electrons. The highest BCUT2D eigenvalue weighted by atomic mass is 16.8. The summed E-state index contributed by atoms with van der Waals surface area (Å²) in [6.45, 7) is 8.52. The maximum Gasteiger partial charge on any atom is 0.190 e. The second-order valence-electron chi connectivity index (χ2n) is 7.70. The van der Waals surface area contributed by atoms with Crippen molar-refractivity contribution in [2.75, 3.05) is 6.61 Å². The summed E-state index contributed by atoms with van der Waals surface area (Å²) in [6, 6.07) is 10.1. The lowest BCUT2D eigenvalue weighted by molar-refractivity contribution is -0.236. The molecule has 3 aliphatic rings. The van der Waals surface area contributed by atoms with Gasteiger partial charge in [0.05, 0.1) is 13.2 Å². The Balaban J connectivity index is 1.50. The van der Waals surface area contributed by atoms with Gasteiger partial charge >= 0.3 is 0 Å². The third kappa shape index (κ3) is 3.60. The summed E-state index contributed by atoms with van der Waals surface area (Å²) < 4.78 is 36.0. The fourth-order valence-corrected chi connectivity index (χ4v) is 3.64. The lowest BCUT2D eigenvalue weighted by Crippen LogP contribution is -2.44. The molecule has 3 fully saturated rings. The predicted octanol–water partition coefficient (Wildman–Crippen LogP) is 2.60. The first-order valence-corrected chi connectivity index (χ1v) is 8.81. The van der Waals surface area contributed by atoms with E-state index >= 15 is 0 Å². The second-order valence-corrected chi connectivity index (χ2v) is 7.70. The number of hydrogen-bond donors (Lipinski definition) is 0. The molecule has 0 aromatic heterocycles. The van der Waals surface area contributed by atoms with E-state index in [-0.39, 0.29) is 24.4 Å². The van der Waals surface area contributed by atoms with Crippen LogP contribution in [0.25, 0.3) is 0 Å². The third-order valence-electron chi connectivity index (χ3n) is 4.71. The van der Waals surface area contributed by atoms with Crippen LogP contribution in [0.15, 0.2) is 30.3 Å². The fraction of sp³-hybridized carbons (Fsp3) is 0.684. The number of hydrogen-bond acceptors (Lipinski definition) is 6. The van der Waals surface area contributed by atoms with Crippen molar-refractivity contribution < 1.29 is 28.4 Å². The molecule has 0 amide bonds. The average molecular weight is 350 g/mol. The van der Waals surface area contributed by atoms with Crippen LogP contribution in [0.2, 0.25) is 0 Å².